The van der Waals surface area contributed by atoms with E-state index < -0.39 is 18.8 Å². The molecule has 1 aromatic carbocycles. The van der Waals surface area contributed by atoms with Crippen LogP contribution in [-0.4, -0.2) is 38.4 Å². The second-order valence-corrected chi connectivity index (χ2v) is 8.35. The van der Waals surface area contributed by atoms with Gasteiger partial charge in [0, 0.05) is 35.5 Å². The molecule has 3 aromatic rings. The molecule has 0 fully saturated rings. The molecule has 1 aliphatic heterocycles. The van der Waals surface area contributed by atoms with E-state index in [1.54, 1.807) is 16.9 Å². The van der Waals surface area contributed by atoms with E-state index in [0.717, 1.165) is 26.9 Å². The van der Waals surface area contributed by atoms with Crippen LogP contribution in [0, 0.1) is 0 Å². The van der Waals surface area contributed by atoms with Crippen LogP contribution in [0.3, 0.4) is 0 Å². The molecule has 2 aromatic heterocycles. The highest BCUT2D eigenvalue weighted by Crippen LogP contribution is 2.40. The van der Waals surface area contributed by atoms with Gasteiger partial charge in [-0.1, -0.05) is 12.1 Å². The number of halogens is 4. The highest BCUT2D eigenvalue weighted by atomic mass is 79.9. The standard InChI is InChI=1S/C21H20BrF3N4/c1-13-9-15-10-14(18-7-8-28(2)27-18)3-5-17(15)20(29(13)12-21(23,24)25)19-6-4-16(22)11-26-19/h3-8,10-11,13,20H,9,12H2,1-2H3/t13-,20+/m1/s1. The quantitative estimate of drug-likeness (QED) is 0.537. The Kier molecular flexibility index (Phi) is 5.25. The summed E-state index contributed by atoms with van der Waals surface area (Å²) in [6.45, 7) is 0.867. The van der Waals surface area contributed by atoms with E-state index in [1.807, 2.05) is 50.5 Å². The summed E-state index contributed by atoms with van der Waals surface area (Å²) in [5.41, 5.74) is 4.31. The first-order valence-electron chi connectivity index (χ1n) is 9.28. The fourth-order valence-electron chi connectivity index (χ4n) is 3.98. The van der Waals surface area contributed by atoms with Crippen LogP contribution in [-0.2, 0) is 13.5 Å². The van der Waals surface area contributed by atoms with E-state index in [1.165, 1.54) is 4.90 Å². The number of alkyl halides is 3. The van der Waals surface area contributed by atoms with Crippen LogP contribution < -0.4 is 0 Å². The number of rotatable bonds is 3. The molecule has 4 nitrogen and oxygen atoms in total. The molecule has 152 valence electrons. The summed E-state index contributed by atoms with van der Waals surface area (Å²) in [7, 11) is 1.86. The lowest BCUT2D eigenvalue weighted by atomic mass is 9.85. The van der Waals surface area contributed by atoms with Gasteiger partial charge in [-0.25, -0.2) is 0 Å². The summed E-state index contributed by atoms with van der Waals surface area (Å²) in [5.74, 6) is 0. The number of aromatic nitrogens is 3. The van der Waals surface area contributed by atoms with Crippen LogP contribution in [0.2, 0.25) is 0 Å². The smallest absolute Gasteiger partial charge is 0.279 e. The molecule has 0 aliphatic carbocycles. The SMILES string of the molecule is C[C@@H]1Cc2cc(-c3ccn(C)n3)ccc2[C@@H](c2ccc(Br)cn2)N1CC(F)(F)F. The van der Waals surface area contributed by atoms with E-state index >= 15 is 0 Å². The second-order valence-electron chi connectivity index (χ2n) is 7.43. The third-order valence-corrected chi connectivity index (χ3v) is 5.72. The van der Waals surface area contributed by atoms with Gasteiger partial charge in [-0.2, -0.15) is 18.3 Å². The predicted molar refractivity (Wildman–Crippen MR) is 108 cm³/mol. The molecule has 0 spiro atoms. The third kappa shape index (κ3) is 4.23. The maximum absolute atomic E-state index is 13.4. The Labute approximate surface area is 175 Å². The molecule has 0 N–H and O–H groups in total. The maximum Gasteiger partial charge on any atom is 0.401 e. The van der Waals surface area contributed by atoms with E-state index in [2.05, 4.69) is 26.0 Å². The molecule has 0 bridgehead atoms. The molecule has 0 radical (unpaired) electrons. The normalized spacial score (nSPS) is 19.9. The summed E-state index contributed by atoms with van der Waals surface area (Å²) < 4.78 is 42.6. The molecule has 0 saturated heterocycles. The Hall–Kier alpha value is -2.19. The van der Waals surface area contributed by atoms with Crippen LogP contribution >= 0.6 is 15.9 Å². The van der Waals surface area contributed by atoms with Crippen LogP contribution in [0.4, 0.5) is 13.2 Å². The highest BCUT2D eigenvalue weighted by molar-refractivity contribution is 9.10. The first-order chi connectivity index (χ1) is 13.7. The molecule has 0 amide bonds. The fraction of sp³-hybridized carbons (Fsp3) is 0.333. The lowest BCUT2D eigenvalue weighted by Gasteiger charge is -2.42. The largest absolute Gasteiger partial charge is 0.401 e. The lowest BCUT2D eigenvalue weighted by molar-refractivity contribution is -0.155. The first-order valence-corrected chi connectivity index (χ1v) is 10.1. The van der Waals surface area contributed by atoms with Gasteiger partial charge in [-0.3, -0.25) is 14.6 Å². The molecule has 2 atom stereocenters. The maximum atomic E-state index is 13.4. The van der Waals surface area contributed by atoms with E-state index in [9.17, 15) is 13.2 Å². The van der Waals surface area contributed by atoms with Gasteiger partial charge in [0.15, 0.2) is 0 Å². The number of aryl methyl sites for hydroxylation is 1. The Balaban J connectivity index is 1.81. The number of pyridine rings is 1. The van der Waals surface area contributed by atoms with Crippen LogP contribution in [0.15, 0.2) is 53.3 Å². The summed E-state index contributed by atoms with van der Waals surface area (Å²) in [4.78, 5) is 5.93. The van der Waals surface area contributed by atoms with Crippen molar-refractivity contribution < 1.29 is 13.2 Å². The van der Waals surface area contributed by atoms with Gasteiger partial charge in [0.25, 0.3) is 0 Å². The topological polar surface area (TPSA) is 34.0 Å². The van der Waals surface area contributed by atoms with E-state index in [4.69, 9.17) is 0 Å². The molecule has 3 heterocycles. The van der Waals surface area contributed by atoms with Crippen molar-refractivity contribution in [3.05, 3.63) is 70.1 Å². The second kappa shape index (κ2) is 7.57. The summed E-state index contributed by atoms with van der Waals surface area (Å²) in [6, 6.07) is 10.6. The molecule has 4 rings (SSSR count). The zero-order chi connectivity index (χ0) is 20.8. The van der Waals surface area contributed by atoms with Crippen LogP contribution in [0.1, 0.15) is 29.8 Å². The summed E-state index contributed by atoms with van der Waals surface area (Å²) >= 11 is 3.35. The van der Waals surface area contributed by atoms with Gasteiger partial charge < -0.3 is 0 Å². The molecular formula is C21H20BrF3N4. The van der Waals surface area contributed by atoms with Gasteiger partial charge in [0.1, 0.15) is 0 Å². The van der Waals surface area contributed by atoms with Gasteiger partial charge in [-0.05, 0) is 64.7 Å². The van der Waals surface area contributed by atoms with Gasteiger partial charge in [0.2, 0.25) is 0 Å². The molecular weight excluding hydrogens is 445 g/mol. The Morgan fingerprint density at radius 3 is 2.59 bits per heavy atom. The minimum atomic E-state index is -4.28. The minimum Gasteiger partial charge on any atom is -0.279 e. The van der Waals surface area contributed by atoms with Gasteiger partial charge in [-0.15, -0.1) is 0 Å². The van der Waals surface area contributed by atoms with Crippen molar-refractivity contribution in [3.8, 4) is 11.3 Å². The Morgan fingerprint density at radius 2 is 1.97 bits per heavy atom. The summed E-state index contributed by atoms with van der Waals surface area (Å²) in [5, 5.41) is 4.44. The van der Waals surface area contributed by atoms with Crippen molar-refractivity contribution in [1.29, 1.82) is 0 Å². The fourth-order valence-corrected chi connectivity index (χ4v) is 4.21. The van der Waals surface area contributed by atoms with Crippen molar-refractivity contribution in [2.24, 2.45) is 7.05 Å². The third-order valence-electron chi connectivity index (χ3n) is 5.25. The van der Waals surface area contributed by atoms with E-state index in [-0.39, 0.29) is 6.04 Å². The summed E-state index contributed by atoms with van der Waals surface area (Å²) in [6.07, 6.45) is -0.244. The van der Waals surface area contributed by atoms with Crippen molar-refractivity contribution in [2.45, 2.75) is 31.6 Å². The Bertz CT molecular complexity index is 1010. The van der Waals surface area contributed by atoms with Crippen molar-refractivity contribution in [3.63, 3.8) is 0 Å². The number of fused-ring (bicyclic) bond motifs is 1. The molecule has 8 heteroatoms. The minimum absolute atomic E-state index is 0.279. The zero-order valence-corrected chi connectivity index (χ0v) is 17.6. The molecule has 0 saturated carbocycles. The van der Waals surface area contributed by atoms with Gasteiger partial charge in [0.05, 0.1) is 24.0 Å². The Morgan fingerprint density at radius 1 is 1.17 bits per heavy atom. The highest BCUT2D eigenvalue weighted by Gasteiger charge is 2.41. The van der Waals surface area contributed by atoms with Crippen molar-refractivity contribution >= 4 is 15.9 Å². The number of benzene rings is 1. The lowest BCUT2D eigenvalue weighted by Crippen LogP contribution is -2.47. The van der Waals surface area contributed by atoms with Crippen molar-refractivity contribution in [2.75, 3.05) is 6.54 Å². The van der Waals surface area contributed by atoms with Gasteiger partial charge >= 0.3 is 6.18 Å². The molecule has 0 unspecified atom stereocenters. The van der Waals surface area contributed by atoms with Crippen LogP contribution in [0.5, 0.6) is 0 Å². The van der Waals surface area contributed by atoms with Crippen LogP contribution in [0.25, 0.3) is 11.3 Å². The average molecular weight is 465 g/mol. The molecule has 1 aliphatic rings. The van der Waals surface area contributed by atoms with E-state index in [0.29, 0.717) is 12.1 Å². The monoisotopic (exact) mass is 464 g/mol. The average Bonchev–Trinajstić information content (AvgIpc) is 3.08. The number of hydrogen-bond donors (Lipinski definition) is 0. The number of hydrogen-bond acceptors (Lipinski definition) is 3. The predicted octanol–water partition coefficient (Wildman–Crippen LogP) is 5.14. The number of nitrogens with zero attached hydrogens (tertiary/aromatic N) is 4. The molecule has 29 heavy (non-hydrogen) atoms. The zero-order valence-electron chi connectivity index (χ0n) is 16.0. The van der Waals surface area contributed by atoms with Crippen molar-refractivity contribution in [1.82, 2.24) is 19.7 Å². The first kappa shape index (κ1) is 20.1.